The van der Waals surface area contributed by atoms with Gasteiger partial charge < -0.3 is 5.73 Å². The van der Waals surface area contributed by atoms with E-state index in [1.165, 1.54) is 0 Å². The second kappa shape index (κ2) is 3.88. The molecule has 0 aromatic heterocycles. The number of hydrogen-bond acceptors (Lipinski definition) is 1. The minimum Gasteiger partial charge on any atom is -0.330 e. The maximum atomic E-state index is 5.34. The zero-order valence-corrected chi connectivity index (χ0v) is 4.78. The molecule has 0 aliphatic rings. The maximum Gasteiger partial charge on any atom is -0.00742 e. The lowest BCUT2D eigenvalue weighted by Gasteiger charge is -1.91. The van der Waals surface area contributed by atoms with Gasteiger partial charge in [-0.05, 0) is 26.3 Å². The third kappa shape index (κ3) is 5.70. The van der Waals surface area contributed by atoms with E-state index in [9.17, 15) is 0 Å². The summed E-state index contributed by atoms with van der Waals surface area (Å²) in [6.45, 7) is 8.00. The molecule has 0 heterocycles. The first-order chi connectivity index (χ1) is 3.27. The Labute approximate surface area is 45.2 Å². The van der Waals surface area contributed by atoms with Crippen LogP contribution in [0.15, 0.2) is 5.57 Å². The molecular weight excluding hydrogens is 86.1 g/mol. The summed E-state index contributed by atoms with van der Waals surface area (Å²) in [5.41, 5.74) is 6.19. The Kier molecular flexibility index (Phi) is 3.71. The van der Waals surface area contributed by atoms with Crippen LogP contribution < -0.4 is 5.73 Å². The predicted molar refractivity (Wildman–Crippen MR) is 31.8 cm³/mol. The van der Waals surface area contributed by atoms with Crippen LogP contribution in [0, 0.1) is 6.58 Å². The Morgan fingerprint density at radius 3 is 2.43 bits per heavy atom. The van der Waals surface area contributed by atoms with Crippen molar-refractivity contribution >= 4 is 0 Å². The molecule has 0 fully saturated rings. The SMILES string of the molecule is [CH]=C(C)CCCN. The number of hydrogen-bond donors (Lipinski definition) is 1. The van der Waals surface area contributed by atoms with Gasteiger partial charge in [0.1, 0.15) is 0 Å². The van der Waals surface area contributed by atoms with Crippen molar-refractivity contribution in [3.05, 3.63) is 12.2 Å². The second-order valence-electron chi connectivity index (χ2n) is 1.74. The molecule has 0 saturated heterocycles. The highest BCUT2D eigenvalue weighted by Crippen LogP contribution is 1.96. The van der Waals surface area contributed by atoms with Crippen LogP contribution >= 0.6 is 0 Å². The number of allylic oxidation sites excluding steroid dienone is 1. The first kappa shape index (κ1) is 6.70. The molecule has 41 valence electrons. The molecule has 1 nitrogen and oxygen atoms in total. The van der Waals surface area contributed by atoms with Crippen LogP contribution in [-0.2, 0) is 0 Å². The van der Waals surface area contributed by atoms with E-state index in [4.69, 9.17) is 12.3 Å². The molecule has 0 aromatic carbocycles. The molecule has 7 heavy (non-hydrogen) atoms. The summed E-state index contributed by atoms with van der Waals surface area (Å²) in [5, 5.41) is 0. The number of rotatable bonds is 3. The van der Waals surface area contributed by atoms with Crippen molar-refractivity contribution in [1.82, 2.24) is 0 Å². The van der Waals surface area contributed by atoms with Crippen molar-refractivity contribution in [2.45, 2.75) is 19.8 Å². The minimum absolute atomic E-state index is 0.745. The van der Waals surface area contributed by atoms with E-state index >= 15 is 0 Å². The fourth-order valence-corrected chi connectivity index (χ4v) is 0.381. The van der Waals surface area contributed by atoms with Crippen LogP contribution in [-0.4, -0.2) is 6.54 Å². The summed E-state index contributed by atoms with van der Waals surface area (Å²) in [5.74, 6) is 0. The van der Waals surface area contributed by atoms with Gasteiger partial charge in [0, 0.05) is 0 Å². The summed E-state index contributed by atoms with van der Waals surface area (Å²) >= 11 is 0. The van der Waals surface area contributed by atoms with Crippen molar-refractivity contribution in [1.29, 1.82) is 0 Å². The second-order valence-corrected chi connectivity index (χ2v) is 1.74. The molecule has 1 heteroatoms. The molecule has 0 saturated carbocycles. The van der Waals surface area contributed by atoms with Crippen LogP contribution in [0.5, 0.6) is 0 Å². The van der Waals surface area contributed by atoms with E-state index in [2.05, 4.69) is 0 Å². The van der Waals surface area contributed by atoms with E-state index in [-0.39, 0.29) is 0 Å². The van der Waals surface area contributed by atoms with E-state index in [0.29, 0.717) is 0 Å². The van der Waals surface area contributed by atoms with E-state index < -0.39 is 0 Å². The molecule has 2 N–H and O–H groups in total. The third-order valence-corrected chi connectivity index (χ3v) is 0.775. The van der Waals surface area contributed by atoms with Gasteiger partial charge in [0.2, 0.25) is 0 Å². The van der Waals surface area contributed by atoms with Gasteiger partial charge in [-0.25, -0.2) is 0 Å². The van der Waals surface area contributed by atoms with Crippen molar-refractivity contribution in [3.63, 3.8) is 0 Å². The molecule has 0 unspecified atom stereocenters. The average molecular weight is 98.2 g/mol. The van der Waals surface area contributed by atoms with Crippen LogP contribution in [0.4, 0.5) is 0 Å². The molecule has 0 aliphatic heterocycles. The fourth-order valence-electron chi connectivity index (χ4n) is 0.381. The van der Waals surface area contributed by atoms with Crippen molar-refractivity contribution in [3.8, 4) is 0 Å². The summed E-state index contributed by atoms with van der Waals surface area (Å²) in [7, 11) is 0. The van der Waals surface area contributed by atoms with Gasteiger partial charge in [-0.3, -0.25) is 0 Å². The lowest BCUT2D eigenvalue weighted by molar-refractivity contribution is 0.824. The smallest absolute Gasteiger partial charge is 0.00742 e. The molecule has 0 amide bonds. The van der Waals surface area contributed by atoms with Crippen molar-refractivity contribution < 1.29 is 0 Å². The molecule has 0 rings (SSSR count). The highest BCUT2D eigenvalue weighted by Gasteiger charge is 1.81. The summed E-state index contributed by atoms with van der Waals surface area (Å²) < 4.78 is 0. The van der Waals surface area contributed by atoms with Gasteiger partial charge in [-0.1, -0.05) is 12.2 Å². The quantitative estimate of drug-likeness (QED) is 0.562. The topological polar surface area (TPSA) is 26.0 Å². The van der Waals surface area contributed by atoms with Gasteiger partial charge in [0.15, 0.2) is 0 Å². The Bertz CT molecular complexity index is 57.2. The fraction of sp³-hybridized carbons (Fsp3) is 0.667. The van der Waals surface area contributed by atoms with Gasteiger partial charge in [-0.2, -0.15) is 0 Å². The van der Waals surface area contributed by atoms with Crippen LogP contribution in [0.1, 0.15) is 19.8 Å². The Morgan fingerprint density at radius 2 is 2.29 bits per heavy atom. The zero-order chi connectivity index (χ0) is 5.70. The first-order valence-corrected chi connectivity index (χ1v) is 2.55. The minimum atomic E-state index is 0.745. The molecule has 0 bridgehead atoms. The zero-order valence-electron chi connectivity index (χ0n) is 4.78. The molecule has 0 atom stereocenters. The Balaban J connectivity index is 2.82. The van der Waals surface area contributed by atoms with Gasteiger partial charge in [-0.15, -0.1) is 0 Å². The van der Waals surface area contributed by atoms with E-state index in [1.807, 2.05) is 6.92 Å². The molecule has 0 aliphatic carbocycles. The average Bonchev–Trinajstić information content (AvgIpc) is 1.61. The highest BCUT2D eigenvalue weighted by molar-refractivity contribution is 4.83. The predicted octanol–water partition coefficient (Wildman–Crippen LogP) is 1.10. The first-order valence-electron chi connectivity index (χ1n) is 2.55. The normalized spacial score (nSPS) is 8.86. The van der Waals surface area contributed by atoms with E-state index in [0.717, 1.165) is 25.0 Å². The number of nitrogens with two attached hydrogens (primary N) is 1. The van der Waals surface area contributed by atoms with Crippen molar-refractivity contribution in [2.24, 2.45) is 5.73 Å². The van der Waals surface area contributed by atoms with Gasteiger partial charge in [0.05, 0.1) is 0 Å². The molecular formula is C6H12N. The van der Waals surface area contributed by atoms with Gasteiger partial charge >= 0.3 is 0 Å². The van der Waals surface area contributed by atoms with Gasteiger partial charge in [0.25, 0.3) is 0 Å². The third-order valence-electron chi connectivity index (χ3n) is 0.775. The van der Waals surface area contributed by atoms with Crippen LogP contribution in [0.2, 0.25) is 0 Å². The largest absolute Gasteiger partial charge is 0.330 e. The maximum absolute atomic E-state index is 5.34. The monoisotopic (exact) mass is 98.1 g/mol. The Morgan fingerprint density at radius 1 is 1.71 bits per heavy atom. The van der Waals surface area contributed by atoms with E-state index in [1.54, 1.807) is 0 Å². The lowest BCUT2D eigenvalue weighted by Crippen LogP contribution is -1.97. The molecule has 0 spiro atoms. The summed E-state index contributed by atoms with van der Waals surface area (Å²) in [6.07, 6.45) is 1.98. The van der Waals surface area contributed by atoms with Crippen molar-refractivity contribution in [2.75, 3.05) is 6.54 Å². The summed E-state index contributed by atoms with van der Waals surface area (Å²) in [4.78, 5) is 0. The highest BCUT2D eigenvalue weighted by atomic mass is 14.5. The summed E-state index contributed by atoms with van der Waals surface area (Å²) in [6, 6.07) is 0. The molecule has 1 radical (unpaired) electrons. The van der Waals surface area contributed by atoms with Crippen LogP contribution in [0.3, 0.4) is 0 Å². The Hall–Kier alpha value is -0.300. The standard InChI is InChI=1S/C6H12N/c1-6(2)4-3-5-7/h1H,3-5,7H2,2H3. The lowest BCUT2D eigenvalue weighted by atomic mass is 10.2. The van der Waals surface area contributed by atoms with Crippen LogP contribution in [0.25, 0.3) is 0 Å². The molecule has 0 aromatic rings.